The molecule has 0 aromatic heterocycles. The molecule has 0 saturated carbocycles. The van der Waals surface area contributed by atoms with Crippen molar-refractivity contribution in [1.29, 1.82) is 0 Å². The monoisotopic (exact) mass is 410 g/mol. The third-order valence-electron chi connectivity index (χ3n) is 3.61. The van der Waals surface area contributed by atoms with Gasteiger partial charge in [-0.2, -0.15) is 0 Å². The number of benzene rings is 2. The molecule has 2 aromatic rings. The molecular weight excluding hydrogens is 391 g/mol. The van der Waals surface area contributed by atoms with Gasteiger partial charge in [0.15, 0.2) is 11.5 Å². The average molecular weight is 411 g/mol. The number of hydrogen-bond donors (Lipinski definition) is 2. The van der Waals surface area contributed by atoms with E-state index >= 15 is 0 Å². The van der Waals surface area contributed by atoms with Crippen molar-refractivity contribution in [1.82, 2.24) is 10.6 Å². The summed E-state index contributed by atoms with van der Waals surface area (Å²) in [6.07, 6.45) is 0. The maximum atomic E-state index is 12.2. The second-order valence-electron chi connectivity index (χ2n) is 5.53. The van der Waals surface area contributed by atoms with Crippen LogP contribution < -0.4 is 20.1 Å². The predicted octanol–water partition coefficient (Wildman–Crippen LogP) is 3.45. The van der Waals surface area contributed by atoms with E-state index in [1.807, 2.05) is 0 Å². The van der Waals surface area contributed by atoms with E-state index in [0.717, 1.165) is 5.56 Å². The van der Waals surface area contributed by atoms with E-state index in [1.54, 1.807) is 43.3 Å². The molecule has 27 heavy (non-hydrogen) atoms. The Labute approximate surface area is 167 Å². The van der Waals surface area contributed by atoms with Crippen LogP contribution in [0.2, 0.25) is 10.0 Å². The van der Waals surface area contributed by atoms with Gasteiger partial charge in [-0.1, -0.05) is 29.3 Å². The second-order valence-corrected chi connectivity index (χ2v) is 6.37. The number of rotatable bonds is 8. The van der Waals surface area contributed by atoms with E-state index in [1.165, 1.54) is 7.11 Å². The van der Waals surface area contributed by atoms with Gasteiger partial charge in [-0.3, -0.25) is 9.59 Å². The third-order valence-corrected chi connectivity index (χ3v) is 4.19. The molecule has 0 spiro atoms. The molecule has 8 heteroatoms. The van der Waals surface area contributed by atoms with Crippen molar-refractivity contribution in [3.05, 3.63) is 57.6 Å². The number of likely N-dealkylation sites (N-methyl/N-ethyl adjacent to an activating group) is 1. The van der Waals surface area contributed by atoms with Gasteiger partial charge in [0, 0.05) is 27.7 Å². The van der Waals surface area contributed by atoms with Crippen LogP contribution in [0, 0.1) is 0 Å². The van der Waals surface area contributed by atoms with Crippen LogP contribution in [-0.4, -0.2) is 32.0 Å². The van der Waals surface area contributed by atoms with Crippen LogP contribution in [-0.2, 0) is 11.4 Å². The van der Waals surface area contributed by atoms with Gasteiger partial charge >= 0.3 is 0 Å². The summed E-state index contributed by atoms with van der Waals surface area (Å²) in [5, 5.41) is 6.20. The Hall–Kier alpha value is -2.44. The van der Waals surface area contributed by atoms with Crippen molar-refractivity contribution in [3.63, 3.8) is 0 Å². The maximum absolute atomic E-state index is 12.2. The number of amides is 2. The van der Waals surface area contributed by atoms with Crippen molar-refractivity contribution in [2.75, 3.05) is 20.2 Å². The first-order valence-corrected chi connectivity index (χ1v) is 8.99. The molecule has 6 nitrogen and oxygen atoms in total. The number of nitrogens with one attached hydrogen (secondary N) is 2. The normalized spacial score (nSPS) is 10.2. The Kier molecular flexibility index (Phi) is 7.76. The first-order chi connectivity index (χ1) is 12.9. The molecule has 0 aliphatic carbocycles. The Morgan fingerprint density at radius 1 is 1.04 bits per heavy atom. The zero-order chi connectivity index (χ0) is 19.8. The van der Waals surface area contributed by atoms with Gasteiger partial charge in [-0.15, -0.1) is 0 Å². The van der Waals surface area contributed by atoms with Crippen LogP contribution in [0.4, 0.5) is 0 Å². The summed E-state index contributed by atoms with van der Waals surface area (Å²) in [6.45, 7) is 2.43. The first-order valence-electron chi connectivity index (χ1n) is 8.24. The Bertz CT molecular complexity index is 827. The lowest BCUT2D eigenvalue weighted by Gasteiger charge is -2.13. The fourth-order valence-electron chi connectivity index (χ4n) is 2.24. The number of carbonyl (C=O) groups excluding carboxylic acids is 2. The number of hydrogen-bond acceptors (Lipinski definition) is 4. The molecule has 144 valence electrons. The summed E-state index contributed by atoms with van der Waals surface area (Å²) < 4.78 is 11.1. The number of halogens is 2. The van der Waals surface area contributed by atoms with Gasteiger partial charge < -0.3 is 20.1 Å². The van der Waals surface area contributed by atoms with Crippen LogP contribution in [0.15, 0.2) is 36.4 Å². The number of methoxy groups -OCH3 is 1. The lowest BCUT2D eigenvalue weighted by molar-refractivity contribution is -0.120. The first kappa shape index (κ1) is 20.9. The molecule has 2 aromatic carbocycles. The zero-order valence-corrected chi connectivity index (χ0v) is 16.5. The van der Waals surface area contributed by atoms with Crippen molar-refractivity contribution in [3.8, 4) is 11.5 Å². The van der Waals surface area contributed by atoms with Gasteiger partial charge in [0.1, 0.15) is 6.61 Å². The summed E-state index contributed by atoms with van der Waals surface area (Å²) in [5.74, 6) is 0.221. The average Bonchev–Trinajstić information content (AvgIpc) is 2.65. The summed E-state index contributed by atoms with van der Waals surface area (Å²) in [5.41, 5.74) is 1.12. The molecule has 0 aliphatic heterocycles. The van der Waals surface area contributed by atoms with E-state index in [9.17, 15) is 9.59 Å². The Balaban J connectivity index is 2.04. The van der Waals surface area contributed by atoms with Crippen LogP contribution in [0.5, 0.6) is 11.5 Å². The van der Waals surface area contributed by atoms with E-state index in [-0.39, 0.29) is 25.0 Å². The molecule has 0 radical (unpaired) electrons. The van der Waals surface area contributed by atoms with E-state index in [4.69, 9.17) is 32.7 Å². The minimum absolute atomic E-state index is 0.0949. The highest BCUT2D eigenvalue weighted by Crippen LogP contribution is 2.30. The highest BCUT2D eigenvalue weighted by atomic mass is 35.5. The largest absolute Gasteiger partial charge is 0.493 e. The van der Waals surface area contributed by atoms with Gasteiger partial charge in [0.25, 0.3) is 5.91 Å². The molecule has 2 amide bonds. The van der Waals surface area contributed by atoms with Crippen LogP contribution in [0.25, 0.3) is 0 Å². The molecule has 0 saturated heterocycles. The fraction of sp³-hybridized carbons (Fsp3) is 0.263. The van der Waals surface area contributed by atoms with Gasteiger partial charge in [-0.25, -0.2) is 0 Å². The second kappa shape index (κ2) is 10.0. The number of ether oxygens (including phenoxy) is 2. The van der Waals surface area contributed by atoms with Crippen LogP contribution in [0.3, 0.4) is 0 Å². The smallest absolute Gasteiger partial charge is 0.251 e. The van der Waals surface area contributed by atoms with Crippen molar-refractivity contribution < 1.29 is 19.1 Å². The van der Waals surface area contributed by atoms with E-state index in [2.05, 4.69) is 10.6 Å². The number of carbonyl (C=O) groups is 2. The van der Waals surface area contributed by atoms with Crippen molar-refractivity contribution in [2.45, 2.75) is 13.5 Å². The van der Waals surface area contributed by atoms with Gasteiger partial charge in [0.2, 0.25) is 5.91 Å². The summed E-state index contributed by atoms with van der Waals surface area (Å²) in [6, 6.07) is 9.91. The van der Waals surface area contributed by atoms with Crippen molar-refractivity contribution in [2.24, 2.45) is 0 Å². The molecule has 0 unspecified atom stereocenters. The SMILES string of the molecule is CCNC(=O)CNC(=O)c1ccc(OCc2ccc(Cl)cc2Cl)c(OC)c1. The molecule has 0 bridgehead atoms. The predicted molar refractivity (Wildman–Crippen MR) is 105 cm³/mol. The minimum Gasteiger partial charge on any atom is -0.493 e. The quantitative estimate of drug-likeness (QED) is 0.698. The molecule has 0 fully saturated rings. The summed E-state index contributed by atoms with van der Waals surface area (Å²) in [4.78, 5) is 23.6. The Morgan fingerprint density at radius 2 is 1.81 bits per heavy atom. The molecule has 0 aliphatic rings. The Morgan fingerprint density at radius 3 is 2.48 bits per heavy atom. The van der Waals surface area contributed by atoms with Gasteiger partial charge in [0.05, 0.1) is 13.7 Å². The minimum atomic E-state index is -0.383. The maximum Gasteiger partial charge on any atom is 0.251 e. The molecule has 0 heterocycles. The topological polar surface area (TPSA) is 76.7 Å². The summed E-state index contributed by atoms with van der Waals surface area (Å²) >= 11 is 12.0. The highest BCUT2D eigenvalue weighted by Gasteiger charge is 2.13. The lowest BCUT2D eigenvalue weighted by Crippen LogP contribution is -2.36. The zero-order valence-electron chi connectivity index (χ0n) is 15.0. The molecule has 2 rings (SSSR count). The summed E-state index contributed by atoms with van der Waals surface area (Å²) in [7, 11) is 1.48. The fourth-order valence-corrected chi connectivity index (χ4v) is 2.71. The van der Waals surface area contributed by atoms with Crippen LogP contribution >= 0.6 is 23.2 Å². The molecular formula is C19H20Cl2N2O4. The third kappa shape index (κ3) is 6.05. The molecule has 0 atom stereocenters. The standard InChI is InChI=1S/C19H20Cl2N2O4/c1-3-22-18(24)10-23-19(25)12-5-7-16(17(8-12)26-2)27-11-13-4-6-14(20)9-15(13)21/h4-9H,3,10-11H2,1-2H3,(H,22,24)(H,23,25). The van der Waals surface area contributed by atoms with Gasteiger partial charge in [-0.05, 0) is 37.3 Å². The van der Waals surface area contributed by atoms with Crippen molar-refractivity contribution >= 4 is 35.0 Å². The van der Waals surface area contributed by atoms with E-state index in [0.29, 0.717) is 33.7 Å². The van der Waals surface area contributed by atoms with Crippen LogP contribution in [0.1, 0.15) is 22.8 Å². The highest BCUT2D eigenvalue weighted by molar-refractivity contribution is 6.35. The lowest BCUT2D eigenvalue weighted by atomic mass is 10.2. The molecule has 2 N–H and O–H groups in total. The van der Waals surface area contributed by atoms with E-state index < -0.39 is 0 Å².